The van der Waals surface area contributed by atoms with Crippen LogP contribution < -0.4 is 0 Å². The van der Waals surface area contributed by atoms with Crippen molar-refractivity contribution in [1.29, 1.82) is 0 Å². The van der Waals surface area contributed by atoms with Gasteiger partial charge in [0.25, 0.3) is 0 Å². The Kier molecular flexibility index (Phi) is 3.03. The third-order valence-electron chi connectivity index (χ3n) is 2.08. The molecule has 0 spiro atoms. The van der Waals surface area contributed by atoms with E-state index in [4.69, 9.17) is 11.6 Å². The molecule has 0 aliphatic carbocycles. The summed E-state index contributed by atoms with van der Waals surface area (Å²) >= 11 is 5.97. The van der Waals surface area contributed by atoms with Crippen LogP contribution in [0, 0.1) is 0 Å². The van der Waals surface area contributed by atoms with E-state index in [0.29, 0.717) is 16.1 Å². The predicted octanol–water partition coefficient (Wildman–Crippen LogP) is 2.61. The smallest absolute Gasteiger partial charge is 0.293 e. The number of carbonyl (C=O) groups is 1. The van der Waals surface area contributed by atoms with Gasteiger partial charge in [0, 0.05) is 11.6 Å². The molecule has 82 valence electrons. The van der Waals surface area contributed by atoms with Crippen LogP contribution >= 0.6 is 11.6 Å². The monoisotopic (exact) mass is 237 g/mol. The lowest BCUT2D eigenvalue weighted by molar-refractivity contribution is -0.216. The van der Waals surface area contributed by atoms with Crippen molar-refractivity contribution in [2.75, 3.05) is 7.11 Å². The van der Waals surface area contributed by atoms with E-state index in [2.05, 4.69) is 14.8 Å². The first-order valence-corrected chi connectivity index (χ1v) is 4.89. The highest BCUT2D eigenvalue weighted by Gasteiger charge is 2.09. The molecule has 2 rings (SSSR count). The van der Waals surface area contributed by atoms with Gasteiger partial charge in [-0.3, -0.25) is 9.87 Å². The van der Waals surface area contributed by atoms with Gasteiger partial charge in [0.15, 0.2) is 0 Å². The third-order valence-corrected chi connectivity index (χ3v) is 2.41. The molecule has 0 saturated carbocycles. The van der Waals surface area contributed by atoms with Crippen LogP contribution in [0.25, 0.3) is 10.9 Å². The summed E-state index contributed by atoms with van der Waals surface area (Å²) in [6.07, 6.45) is 1.58. The van der Waals surface area contributed by atoms with Crippen LogP contribution in [0.15, 0.2) is 30.5 Å². The number of halogens is 1. The number of rotatable bonds is 2. The van der Waals surface area contributed by atoms with Crippen molar-refractivity contribution < 1.29 is 14.6 Å². The first-order valence-electron chi connectivity index (χ1n) is 4.51. The number of hydrogen-bond acceptors (Lipinski definition) is 4. The Morgan fingerprint density at radius 1 is 1.38 bits per heavy atom. The molecule has 0 radical (unpaired) electrons. The molecule has 0 aliphatic heterocycles. The maximum Gasteiger partial charge on any atom is 0.373 e. The second-order valence-corrected chi connectivity index (χ2v) is 3.47. The molecule has 1 aromatic heterocycles. The van der Waals surface area contributed by atoms with Crippen molar-refractivity contribution >= 4 is 28.5 Å². The van der Waals surface area contributed by atoms with Gasteiger partial charge in [-0.05, 0) is 18.2 Å². The zero-order chi connectivity index (χ0) is 11.5. The first kappa shape index (κ1) is 10.9. The Hall–Kier alpha value is -1.65. The van der Waals surface area contributed by atoms with E-state index < -0.39 is 5.97 Å². The fourth-order valence-corrected chi connectivity index (χ4v) is 1.58. The summed E-state index contributed by atoms with van der Waals surface area (Å²) in [5, 5.41) is 1.38. The fourth-order valence-electron chi connectivity index (χ4n) is 1.36. The molecule has 0 aliphatic rings. The number of benzene rings is 1. The van der Waals surface area contributed by atoms with Crippen LogP contribution in [0.3, 0.4) is 0 Å². The number of carbonyl (C=O) groups excluding carboxylic acids is 1. The molecule has 0 amide bonds. The highest BCUT2D eigenvalue weighted by molar-refractivity contribution is 6.35. The maximum absolute atomic E-state index is 11.4. The summed E-state index contributed by atoms with van der Waals surface area (Å²) in [6, 6.07) is 6.62. The normalized spacial score (nSPS) is 10.4. The van der Waals surface area contributed by atoms with Gasteiger partial charge in [0.2, 0.25) is 0 Å². The molecule has 0 unspecified atom stereocenters. The number of hydrogen-bond donors (Lipinski definition) is 0. The first-order chi connectivity index (χ1) is 7.72. The van der Waals surface area contributed by atoms with Gasteiger partial charge < -0.3 is 0 Å². The summed E-state index contributed by atoms with van der Waals surface area (Å²) in [6.45, 7) is 0. The zero-order valence-corrected chi connectivity index (χ0v) is 9.19. The van der Waals surface area contributed by atoms with E-state index in [1.807, 2.05) is 0 Å². The molecule has 0 N–H and O–H groups in total. The van der Waals surface area contributed by atoms with E-state index in [1.165, 1.54) is 7.11 Å². The van der Waals surface area contributed by atoms with Crippen LogP contribution in [0.2, 0.25) is 5.02 Å². The molecule has 5 heteroatoms. The van der Waals surface area contributed by atoms with E-state index in [9.17, 15) is 4.79 Å². The molecule has 16 heavy (non-hydrogen) atoms. The van der Waals surface area contributed by atoms with Crippen molar-refractivity contribution in [3.05, 3.63) is 41.0 Å². The minimum Gasteiger partial charge on any atom is -0.293 e. The summed E-state index contributed by atoms with van der Waals surface area (Å²) in [5.74, 6) is -0.564. The summed E-state index contributed by atoms with van der Waals surface area (Å²) in [4.78, 5) is 24.2. The molecule has 1 aromatic carbocycles. The Morgan fingerprint density at radius 3 is 2.94 bits per heavy atom. The van der Waals surface area contributed by atoms with Crippen molar-refractivity contribution in [2.24, 2.45) is 0 Å². The molecule has 2 aromatic rings. The van der Waals surface area contributed by atoms with E-state index in [-0.39, 0.29) is 0 Å². The van der Waals surface area contributed by atoms with Crippen LogP contribution in [-0.4, -0.2) is 18.1 Å². The Labute approximate surface area is 96.7 Å². The largest absolute Gasteiger partial charge is 0.373 e. The summed E-state index contributed by atoms with van der Waals surface area (Å²) in [5.41, 5.74) is 1.00. The highest BCUT2D eigenvalue weighted by atomic mass is 35.5. The van der Waals surface area contributed by atoms with Crippen LogP contribution in [0.1, 0.15) is 10.4 Å². The lowest BCUT2D eigenvalue weighted by Gasteiger charge is -2.02. The minimum absolute atomic E-state index is 0.365. The third kappa shape index (κ3) is 1.98. The van der Waals surface area contributed by atoms with Crippen molar-refractivity contribution in [2.45, 2.75) is 0 Å². The number of nitrogens with zero attached hydrogens (tertiary/aromatic N) is 1. The molecule has 0 fully saturated rings. The van der Waals surface area contributed by atoms with Crippen molar-refractivity contribution in [1.82, 2.24) is 4.98 Å². The molecular weight excluding hydrogens is 230 g/mol. The molecular formula is C11H8ClNO3. The van der Waals surface area contributed by atoms with Gasteiger partial charge in [0.05, 0.1) is 23.2 Å². The summed E-state index contributed by atoms with van der Waals surface area (Å²) in [7, 11) is 1.27. The summed E-state index contributed by atoms with van der Waals surface area (Å²) < 4.78 is 0. The van der Waals surface area contributed by atoms with Gasteiger partial charge >= 0.3 is 5.97 Å². The molecule has 1 heterocycles. The van der Waals surface area contributed by atoms with Gasteiger partial charge in [-0.1, -0.05) is 17.7 Å². The lowest BCUT2D eigenvalue weighted by atomic mass is 10.1. The van der Waals surface area contributed by atoms with Crippen LogP contribution in [0.5, 0.6) is 0 Å². The van der Waals surface area contributed by atoms with E-state index in [0.717, 1.165) is 5.39 Å². The second kappa shape index (κ2) is 4.47. The van der Waals surface area contributed by atoms with E-state index >= 15 is 0 Å². The zero-order valence-electron chi connectivity index (χ0n) is 8.44. The molecule has 0 bridgehead atoms. The Morgan fingerprint density at radius 2 is 2.19 bits per heavy atom. The number of fused-ring (bicyclic) bond motifs is 1. The average molecular weight is 238 g/mol. The minimum atomic E-state index is -0.564. The Balaban J connectivity index is 2.48. The lowest BCUT2D eigenvalue weighted by Crippen LogP contribution is -2.03. The van der Waals surface area contributed by atoms with E-state index in [1.54, 1.807) is 30.5 Å². The van der Waals surface area contributed by atoms with Crippen LogP contribution in [-0.2, 0) is 9.78 Å². The molecule has 0 atom stereocenters. The Bertz CT molecular complexity index is 542. The topological polar surface area (TPSA) is 48.4 Å². The molecule has 0 saturated heterocycles. The van der Waals surface area contributed by atoms with Gasteiger partial charge in [-0.15, -0.1) is 0 Å². The highest BCUT2D eigenvalue weighted by Crippen LogP contribution is 2.22. The van der Waals surface area contributed by atoms with Gasteiger partial charge in [-0.2, -0.15) is 4.89 Å². The second-order valence-electron chi connectivity index (χ2n) is 3.06. The molecule has 4 nitrogen and oxygen atoms in total. The van der Waals surface area contributed by atoms with Gasteiger partial charge in [0.1, 0.15) is 0 Å². The van der Waals surface area contributed by atoms with Gasteiger partial charge in [-0.25, -0.2) is 4.79 Å². The fraction of sp³-hybridized carbons (Fsp3) is 0.0909. The van der Waals surface area contributed by atoms with Crippen molar-refractivity contribution in [3.63, 3.8) is 0 Å². The average Bonchev–Trinajstić information content (AvgIpc) is 2.29. The van der Waals surface area contributed by atoms with Crippen LogP contribution in [0.4, 0.5) is 0 Å². The predicted molar refractivity (Wildman–Crippen MR) is 59.2 cm³/mol. The SMILES string of the molecule is COOC(=O)c1ccc2c(Cl)ccnc2c1. The number of pyridine rings is 1. The standard InChI is InChI=1S/C11H8ClNO3/c1-15-16-11(14)7-2-3-8-9(12)4-5-13-10(8)6-7/h2-6H,1H3. The number of aromatic nitrogens is 1. The quantitative estimate of drug-likeness (QED) is 0.595. The van der Waals surface area contributed by atoms with Crippen molar-refractivity contribution in [3.8, 4) is 0 Å². The maximum atomic E-state index is 11.4.